The fourth-order valence-electron chi connectivity index (χ4n) is 3.95. The zero-order valence-electron chi connectivity index (χ0n) is 20.9. The van der Waals surface area contributed by atoms with Crippen molar-refractivity contribution in [3.8, 4) is 28.0 Å². The lowest BCUT2D eigenvalue weighted by Crippen LogP contribution is -2.15. The van der Waals surface area contributed by atoms with Crippen LogP contribution in [0.15, 0.2) is 78.6 Å². The second-order valence-corrected chi connectivity index (χ2v) is 8.69. The number of ether oxygens (including phenoxy) is 1. The minimum absolute atomic E-state index is 0.00677. The molecule has 0 saturated carbocycles. The van der Waals surface area contributed by atoms with Crippen LogP contribution in [-0.2, 0) is 6.18 Å². The van der Waals surface area contributed by atoms with E-state index in [1.165, 1.54) is 31.2 Å². The Bertz CT molecular complexity index is 1590. The highest BCUT2D eigenvalue weighted by Crippen LogP contribution is 2.36. The van der Waals surface area contributed by atoms with Crippen LogP contribution in [-0.4, -0.2) is 5.97 Å². The largest absolute Gasteiger partial charge is 0.423 e. The Morgan fingerprint density at radius 2 is 1.12 bits per heavy atom. The molecule has 41 heavy (non-hydrogen) atoms. The smallest absolute Gasteiger partial charge is 0.422 e. The van der Waals surface area contributed by atoms with Gasteiger partial charge in [0, 0.05) is 17.7 Å². The van der Waals surface area contributed by atoms with Crippen molar-refractivity contribution in [2.75, 3.05) is 0 Å². The van der Waals surface area contributed by atoms with E-state index in [0.717, 1.165) is 12.1 Å². The molecule has 0 aliphatic rings. The topological polar surface area (TPSA) is 26.3 Å². The Kier molecular flexibility index (Phi) is 8.27. The fourth-order valence-corrected chi connectivity index (χ4v) is 3.95. The third kappa shape index (κ3) is 6.29. The molecular weight excluding hydrogens is 563 g/mol. The van der Waals surface area contributed by atoms with Crippen molar-refractivity contribution in [2.24, 2.45) is 0 Å². The zero-order chi connectivity index (χ0) is 30.1. The van der Waals surface area contributed by atoms with Crippen LogP contribution < -0.4 is 4.74 Å². The molecule has 0 atom stereocenters. The quantitative estimate of drug-likeness (QED) is 0.129. The standard InChI is InChI=1S/C30H17F9O2/c1-2-21(31)28(36)18-9-7-16(8-10-18)15-3-5-17(6-4-15)19-11-22(32)26(23(33)12-19)29(40)41-20-13-24(34)27(25(35)14-20)30(37,38)39/h3-14H,2H2,1H3. The lowest BCUT2D eigenvalue weighted by molar-refractivity contribution is -0.142. The van der Waals surface area contributed by atoms with Crippen LogP contribution in [0.5, 0.6) is 5.75 Å². The second-order valence-electron chi connectivity index (χ2n) is 8.69. The minimum Gasteiger partial charge on any atom is -0.423 e. The zero-order valence-corrected chi connectivity index (χ0v) is 20.9. The van der Waals surface area contributed by atoms with Gasteiger partial charge >= 0.3 is 12.1 Å². The van der Waals surface area contributed by atoms with E-state index in [9.17, 15) is 44.3 Å². The monoisotopic (exact) mass is 580 g/mol. The summed E-state index contributed by atoms with van der Waals surface area (Å²) in [4.78, 5) is 12.3. The van der Waals surface area contributed by atoms with E-state index in [1.54, 1.807) is 24.3 Å². The molecule has 0 aliphatic heterocycles. The first kappa shape index (κ1) is 29.4. The summed E-state index contributed by atoms with van der Waals surface area (Å²) < 4.78 is 127. The summed E-state index contributed by atoms with van der Waals surface area (Å²) in [5, 5.41) is 0. The molecule has 0 unspecified atom stereocenters. The second kappa shape index (κ2) is 11.5. The van der Waals surface area contributed by atoms with Gasteiger partial charge in [0.05, 0.1) is 0 Å². The number of allylic oxidation sites excluding steroid dienone is 1. The van der Waals surface area contributed by atoms with E-state index in [2.05, 4.69) is 4.74 Å². The molecule has 0 aliphatic carbocycles. The van der Waals surface area contributed by atoms with E-state index in [-0.39, 0.29) is 29.7 Å². The summed E-state index contributed by atoms with van der Waals surface area (Å²) in [5.41, 5.74) is -1.74. The van der Waals surface area contributed by atoms with Gasteiger partial charge in [0.15, 0.2) is 5.83 Å². The number of alkyl halides is 3. The van der Waals surface area contributed by atoms with Crippen LogP contribution in [0.4, 0.5) is 39.5 Å². The molecule has 0 saturated heterocycles. The van der Waals surface area contributed by atoms with Crippen LogP contribution in [0.3, 0.4) is 0 Å². The Morgan fingerprint density at radius 3 is 1.56 bits per heavy atom. The molecule has 0 spiro atoms. The van der Waals surface area contributed by atoms with Crippen molar-refractivity contribution >= 4 is 11.8 Å². The summed E-state index contributed by atoms with van der Waals surface area (Å²) in [6, 6.07) is 13.9. The number of benzene rings is 4. The lowest BCUT2D eigenvalue weighted by Gasteiger charge is -2.12. The molecule has 212 valence electrons. The molecule has 0 aromatic heterocycles. The number of esters is 1. The average Bonchev–Trinajstić information content (AvgIpc) is 2.90. The molecule has 0 bridgehead atoms. The third-order valence-electron chi connectivity index (χ3n) is 5.99. The van der Waals surface area contributed by atoms with E-state index >= 15 is 0 Å². The normalized spacial score (nSPS) is 12.2. The average molecular weight is 580 g/mol. The first-order chi connectivity index (χ1) is 19.3. The van der Waals surface area contributed by atoms with Crippen molar-refractivity contribution in [3.63, 3.8) is 0 Å². The summed E-state index contributed by atoms with van der Waals surface area (Å²) >= 11 is 0. The van der Waals surface area contributed by atoms with Gasteiger partial charge in [0.25, 0.3) is 0 Å². The van der Waals surface area contributed by atoms with Gasteiger partial charge in [-0.1, -0.05) is 55.5 Å². The molecular formula is C30H17F9O2. The summed E-state index contributed by atoms with van der Waals surface area (Å²) in [6.45, 7) is 1.48. The van der Waals surface area contributed by atoms with Crippen molar-refractivity contribution in [3.05, 3.63) is 119 Å². The maximum Gasteiger partial charge on any atom is 0.422 e. The minimum atomic E-state index is -5.36. The summed E-state index contributed by atoms with van der Waals surface area (Å²) in [6.07, 6.45) is -5.45. The van der Waals surface area contributed by atoms with Gasteiger partial charge in [-0.2, -0.15) is 13.2 Å². The number of rotatable bonds is 6. The van der Waals surface area contributed by atoms with E-state index < -0.39 is 63.9 Å². The molecule has 0 amide bonds. The SMILES string of the molecule is CCC(F)=C(F)c1ccc(-c2ccc(-c3cc(F)c(C(=O)Oc4cc(F)c(C(F)(F)F)c(F)c4)c(F)c3)cc2)cc1. The molecule has 11 heteroatoms. The molecule has 0 heterocycles. The van der Waals surface area contributed by atoms with Crippen molar-refractivity contribution in [1.82, 2.24) is 0 Å². The number of hydrogen-bond acceptors (Lipinski definition) is 2. The van der Waals surface area contributed by atoms with Gasteiger partial charge in [-0.25, -0.2) is 31.1 Å². The highest BCUT2D eigenvalue weighted by atomic mass is 19.4. The fraction of sp³-hybridized carbons (Fsp3) is 0.100. The molecule has 0 N–H and O–H groups in total. The van der Waals surface area contributed by atoms with Crippen LogP contribution >= 0.6 is 0 Å². The first-order valence-corrected chi connectivity index (χ1v) is 11.8. The highest BCUT2D eigenvalue weighted by molar-refractivity contribution is 5.92. The Labute approximate surface area is 227 Å². The summed E-state index contributed by atoms with van der Waals surface area (Å²) in [5.74, 6) is -11.5. The third-order valence-corrected chi connectivity index (χ3v) is 5.99. The van der Waals surface area contributed by atoms with E-state index in [1.807, 2.05) is 0 Å². The number of hydrogen-bond donors (Lipinski definition) is 0. The van der Waals surface area contributed by atoms with Crippen molar-refractivity contribution < 1.29 is 49.0 Å². The predicted molar refractivity (Wildman–Crippen MR) is 133 cm³/mol. The molecule has 0 radical (unpaired) electrons. The van der Waals surface area contributed by atoms with E-state index in [0.29, 0.717) is 16.7 Å². The van der Waals surface area contributed by atoms with Crippen LogP contribution in [0.2, 0.25) is 0 Å². The van der Waals surface area contributed by atoms with Gasteiger partial charge in [-0.3, -0.25) is 0 Å². The molecule has 4 aromatic rings. The van der Waals surface area contributed by atoms with Crippen LogP contribution in [0.1, 0.15) is 34.8 Å². The number of carbonyl (C=O) groups is 1. The van der Waals surface area contributed by atoms with Gasteiger partial charge in [0.2, 0.25) is 0 Å². The highest BCUT2D eigenvalue weighted by Gasteiger charge is 2.38. The van der Waals surface area contributed by atoms with Crippen molar-refractivity contribution in [1.29, 1.82) is 0 Å². The van der Waals surface area contributed by atoms with Crippen molar-refractivity contribution in [2.45, 2.75) is 19.5 Å². The maximum atomic E-state index is 14.8. The first-order valence-electron chi connectivity index (χ1n) is 11.8. The van der Waals surface area contributed by atoms with Crippen LogP contribution in [0, 0.1) is 23.3 Å². The molecule has 0 fully saturated rings. The van der Waals surface area contributed by atoms with Crippen LogP contribution in [0.25, 0.3) is 28.1 Å². The van der Waals surface area contributed by atoms with Gasteiger partial charge in [0.1, 0.15) is 46.0 Å². The Morgan fingerprint density at radius 1 is 0.683 bits per heavy atom. The predicted octanol–water partition coefficient (Wildman–Crippen LogP) is 9.83. The van der Waals surface area contributed by atoms with Gasteiger partial charge in [-0.05, 0) is 40.8 Å². The van der Waals surface area contributed by atoms with E-state index in [4.69, 9.17) is 0 Å². The molecule has 4 aromatic carbocycles. The lowest BCUT2D eigenvalue weighted by atomic mass is 9.98. The number of halogens is 9. The summed E-state index contributed by atoms with van der Waals surface area (Å²) in [7, 11) is 0. The van der Waals surface area contributed by atoms with Gasteiger partial charge < -0.3 is 4.74 Å². The Balaban J connectivity index is 1.55. The Hall–Kier alpha value is -4.54. The number of carbonyl (C=O) groups excluding carboxylic acids is 1. The maximum absolute atomic E-state index is 14.8. The van der Waals surface area contributed by atoms with Gasteiger partial charge in [-0.15, -0.1) is 0 Å². The molecule has 2 nitrogen and oxygen atoms in total. The molecule has 4 rings (SSSR count).